The van der Waals surface area contributed by atoms with Gasteiger partial charge in [-0.15, -0.1) is 0 Å². The zero-order chi connectivity index (χ0) is 8.41. The Morgan fingerprint density at radius 1 is 1.18 bits per heavy atom. The van der Waals surface area contributed by atoms with E-state index in [1.165, 1.54) is 19.3 Å². The van der Waals surface area contributed by atoms with Crippen LogP contribution < -0.4 is 0 Å². The van der Waals surface area contributed by atoms with Crippen molar-refractivity contribution >= 4 is 30.1 Å². The van der Waals surface area contributed by atoms with Crippen LogP contribution >= 0.6 is 30.1 Å². The smallest absolute Gasteiger partial charge is 0.693 e. The molecule has 0 spiro atoms. The molecule has 73 valence electrons. The first kappa shape index (κ1) is 18.2. The molecule has 0 aliphatic carbocycles. The van der Waals surface area contributed by atoms with E-state index in [1.807, 2.05) is 0 Å². The fraction of sp³-hybridized carbons (Fsp3) is 0.833. The summed E-state index contributed by atoms with van der Waals surface area (Å²) in [5, 5.41) is 0. The second kappa shape index (κ2) is 17.4. The van der Waals surface area contributed by atoms with Crippen molar-refractivity contribution in [2.45, 2.75) is 32.6 Å². The van der Waals surface area contributed by atoms with Crippen LogP contribution in [-0.2, 0) is 11.4 Å². The molecular formula is C6H15Cl3CrN-2. The number of nitrogens with two attached hydrogens (primary N) is 1. The Morgan fingerprint density at radius 3 is 1.64 bits per heavy atom. The molecule has 0 aliphatic heterocycles. The summed E-state index contributed by atoms with van der Waals surface area (Å²) in [6.45, 7) is 5.93. The molecule has 0 saturated heterocycles. The van der Waals surface area contributed by atoms with Crippen LogP contribution in [0, 0.1) is 6.92 Å². The first-order valence-electron chi connectivity index (χ1n) is 3.17. The molecule has 0 radical (unpaired) electrons. The summed E-state index contributed by atoms with van der Waals surface area (Å²) in [5.41, 5.74) is 0. The number of halogens is 3. The molecule has 0 amide bonds. The molecule has 0 aliphatic rings. The van der Waals surface area contributed by atoms with Gasteiger partial charge in [-0.2, -0.15) is 6.42 Å². The van der Waals surface area contributed by atoms with Crippen LogP contribution in [0.5, 0.6) is 0 Å². The SMILES string of the molecule is [CH2-]CCCCC.[Cl][Cr]([Cl])[Cl].[NH2-]. The van der Waals surface area contributed by atoms with Gasteiger partial charge in [-0.1, -0.05) is 26.2 Å². The predicted octanol–water partition coefficient (Wildman–Crippen LogP) is 5.18. The minimum atomic E-state index is -1.62. The Labute approximate surface area is 87.0 Å². The third-order valence-corrected chi connectivity index (χ3v) is 0.854. The van der Waals surface area contributed by atoms with Crippen LogP contribution in [0.25, 0.3) is 6.15 Å². The molecule has 5 heteroatoms. The van der Waals surface area contributed by atoms with Gasteiger partial charge in [0, 0.05) is 0 Å². The zero-order valence-electron chi connectivity index (χ0n) is 6.66. The first-order valence-corrected chi connectivity index (χ1v) is 8.43. The van der Waals surface area contributed by atoms with Gasteiger partial charge in [0.05, 0.1) is 0 Å². The second-order valence-corrected chi connectivity index (χ2v) is 8.05. The average Bonchev–Trinajstić information content (AvgIpc) is 1.82. The minimum absolute atomic E-state index is 0. The summed E-state index contributed by atoms with van der Waals surface area (Å²) in [5.74, 6) is 0. The van der Waals surface area contributed by atoms with Crippen molar-refractivity contribution in [1.29, 1.82) is 0 Å². The van der Waals surface area contributed by atoms with Gasteiger partial charge in [-0.05, 0) is 0 Å². The third-order valence-electron chi connectivity index (χ3n) is 0.854. The number of hydrogen-bond acceptors (Lipinski definition) is 0. The molecule has 11 heavy (non-hydrogen) atoms. The zero-order valence-corrected chi connectivity index (χ0v) is 10.2. The summed E-state index contributed by atoms with van der Waals surface area (Å²) in [6.07, 6.45) is 5.07. The van der Waals surface area contributed by atoms with E-state index in [0.29, 0.717) is 0 Å². The molecule has 0 atom stereocenters. The fourth-order valence-corrected chi connectivity index (χ4v) is 0.427. The normalized spacial score (nSPS) is 8.18. The van der Waals surface area contributed by atoms with Gasteiger partial charge >= 0.3 is 41.5 Å². The van der Waals surface area contributed by atoms with Crippen molar-refractivity contribution in [3.8, 4) is 0 Å². The molecule has 0 rings (SSSR count). The van der Waals surface area contributed by atoms with Gasteiger partial charge in [-0.3, -0.25) is 0 Å². The van der Waals surface area contributed by atoms with E-state index in [-0.39, 0.29) is 6.15 Å². The van der Waals surface area contributed by atoms with Crippen molar-refractivity contribution < 1.29 is 11.4 Å². The van der Waals surface area contributed by atoms with Crippen LogP contribution in [0.2, 0.25) is 0 Å². The molecule has 0 aromatic rings. The van der Waals surface area contributed by atoms with Gasteiger partial charge in [-0.25, -0.2) is 0 Å². The molecule has 1 nitrogen and oxygen atoms in total. The Kier molecular flexibility index (Phi) is 28.9. The molecule has 0 unspecified atom stereocenters. The van der Waals surface area contributed by atoms with E-state index in [1.54, 1.807) is 0 Å². The predicted molar refractivity (Wildman–Crippen MR) is 52.3 cm³/mol. The van der Waals surface area contributed by atoms with E-state index in [0.717, 1.165) is 6.42 Å². The molecule has 2 N–H and O–H groups in total. The van der Waals surface area contributed by atoms with Crippen LogP contribution in [-0.4, -0.2) is 0 Å². The maximum absolute atomic E-state index is 4.93. The Morgan fingerprint density at radius 2 is 1.55 bits per heavy atom. The molecule has 0 saturated carbocycles. The van der Waals surface area contributed by atoms with E-state index in [9.17, 15) is 0 Å². The average molecular weight is 260 g/mol. The van der Waals surface area contributed by atoms with E-state index < -0.39 is 11.4 Å². The quantitative estimate of drug-likeness (QED) is 0.494. The summed E-state index contributed by atoms with van der Waals surface area (Å²) >= 11 is -1.62. The third kappa shape index (κ3) is 52.3. The minimum Gasteiger partial charge on any atom is -0.693 e. The van der Waals surface area contributed by atoms with Crippen molar-refractivity contribution in [3.05, 3.63) is 13.1 Å². The topological polar surface area (TPSA) is 33.5 Å². The number of unbranched alkanes of at least 4 members (excludes halogenated alkanes) is 3. The summed E-state index contributed by atoms with van der Waals surface area (Å²) in [6, 6.07) is 0. The molecule has 0 aromatic heterocycles. The Bertz CT molecular complexity index is 48.3. The molecular weight excluding hydrogens is 244 g/mol. The van der Waals surface area contributed by atoms with E-state index in [2.05, 4.69) is 13.8 Å². The van der Waals surface area contributed by atoms with Crippen LogP contribution in [0.15, 0.2) is 0 Å². The molecule has 0 heterocycles. The number of hydrogen-bond donors (Lipinski definition) is 0. The maximum Gasteiger partial charge on any atom is -0.693 e. The maximum atomic E-state index is 4.93. The largest absolute Gasteiger partial charge is 0.693 e. The number of rotatable bonds is 3. The van der Waals surface area contributed by atoms with Crippen molar-refractivity contribution in [3.63, 3.8) is 0 Å². The van der Waals surface area contributed by atoms with E-state index in [4.69, 9.17) is 30.1 Å². The van der Waals surface area contributed by atoms with Crippen LogP contribution in [0.1, 0.15) is 32.6 Å². The van der Waals surface area contributed by atoms with Gasteiger partial charge in [0.25, 0.3) is 0 Å². The molecule has 0 bridgehead atoms. The van der Waals surface area contributed by atoms with Crippen molar-refractivity contribution in [1.82, 2.24) is 0 Å². The molecule has 0 fully saturated rings. The fourth-order valence-electron chi connectivity index (χ4n) is 0.427. The molecule has 0 aromatic carbocycles. The van der Waals surface area contributed by atoms with Gasteiger partial charge < -0.3 is 13.1 Å². The monoisotopic (exact) mass is 258 g/mol. The van der Waals surface area contributed by atoms with Crippen molar-refractivity contribution in [2.24, 2.45) is 0 Å². The standard InChI is InChI=1S/C6H13.3ClH.Cr.H2N/c1-3-5-6-4-2;;;;;/h1,3-6H2,2H3;3*1H;;1H2/q-1;;;;+3;-1/p-3. The summed E-state index contributed by atoms with van der Waals surface area (Å²) < 4.78 is 0. The summed E-state index contributed by atoms with van der Waals surface area (Å²) in [4.78, 5) is 0. The van der Waals surface area contributed by atoms with Crippen LogP contribution in [0.4, 0.5) is 0 Å². The van der Waals surface area contributed by atoms with E-state index >= 15 is 0 Å². The van der Waals surface area contributed by atoms with Gasteiger partial charge in [0.15, 0.2) is 0 Å². The summed E-state index contributed by atoms with van der Waals surface area (Å²) in [7, 11) is 14.8. The Hall–Kier alpha value is 1.36. The van der Waals surface area contributed by atoms with Gasteiger partial charge in [0.1, 0.15) is 0 Å². The van der Waals surface area contributed by atoms with Crippen molar-refractivity contribution in [2.75, 3.05) is 0 Å². The van der Waals surface area contributed by atoms with Gasteiger partial charge in [0.2, 0.25) is 0 Å². The first-order chi connectivity index (χ1) is 4.65. The van der Waals surface area contributed by atoms with Crippen LogP contribution in [0.3, 0.4) is 0 Å². The second-order valence-electron chi connectivity index (χ2n) is 1.74. The Balaban J connectivity index is -0.000000114.